The molecule has 0 saturated heterocycles. The van der Waals surface area contributed by atoms with Crippen LogP contribution in [0.3, 0.4) is 0 Å². The molecule has 13 nitrogen and oxygen atoms in total. The molecule has 6 rings (SSSR count). The Kier molecular flexibility index (Phi) is 5.39. The van der Waals surface area contributed by atoms with E-state index in [1.165, 1.54) is 7.11 Å². The lowest BCUT2D eigenvalue weighted by Gasteiger charge is -2.14. The van der Waals surface area contributed by atoms with E-state index in [0.717, 1.165) is 35.1 Å². The Morgan fingerprint density at radius 3 is 2.78 bits per heavy atom. The molecule has 0 aromatic carbocycles. The average Bonchev–Trinajstić information content (AvgIpc) is 3.66. The molecule has 0 bridgehead atoms. The van der Waals surface area contributed by atoms with Crippen LogP contribution in [0.25, 0.3) is 27.9 Å². The Bertz CT molecular complexity index is 1690. The number of pyridine rings is 1. The van der Waals surface area contributed by atoms with Gasteiger partial charge in [-0.2, -0.15) is 10.2 Å². The predicted molar refractivity (Wildman–Crippen MR) is 136 cm³/mol. The Labute approximate surface area is 210 Å². The maximum Gasteiger partial charge on any atom is 0.407 e. The SMILES string of the molecule is COC(=O)N[C@@H]1CC[C@@H](n2c(=O)n(C)c3cnc(Nc4ccn5nc(-c6cnn(C)c6)cc5n4)cc32)C1. The molecule has 13 heteroatoms. The first-order valence-corrected chi connectivity index (χ1v) is 11.9. The predicted octanol–water partition coefficient (Wildman–Crippen LogP) is 2.37. The molecule has 1 aliphatic carbocycles. The quantitative estimate of drug-likeness (QED) is 0.374. The molecule has 0 radical (unpaired) electrons. The number of amides is 1. The topological polar surface area (TPSA) is 138 Å². The van der Waals surface area contributed by atoms with Gasteiger partial charge in [0.05, 0.1) is 36.2 Å². The number of ether oxygens (including phenoxy) is 1. The number of aromatic nitrogens is 8. The third-order valence-electron chi connectivity index (χ3n) is 6.83. The van der Waals surface area contributed by atoms with Gasteiger partial charge in [-0.05, 0) is 25.3 Å². The molecule has 2 N–H and O–H groups in total. The largest absolute Gasteiger partial charge is 0.453 e. The summed E-state index contributed by atoms with van der Waals surface area (Å²) in [5.74, 6) is 1.17. The Morgan fingerprint density at radius 1 is 1.14 bits per heavy atom. The number of hydrogen-bond acceptors (Lipinski definition) is 8. The molecule has 5 aromatic heterocycles. The molecule has 1 fully saturated rings. The van der Waals surface area contributed by atoms with Crippen molar-refractivity contribution in [3.8, 4) is 11.3 Å². The summed E-state index contributed by atoms with van der Waals surface area (Å²) in [5.41, 5.74) is 3.77. The van der Waals surface area contributed by atoms with E-state index in [1.54, 1.807) is 37.8 Å². The van der Waals surface area contributed by atoms with Crippen LogP contribution in [0.2, 0.25) is 0 Å². The van der Waals surface area contributed by atoms with E-state index in [9.17, 15) is 9.59 Å². The maximum absolute atomic E-state index is 13.1. The maximum atomic E-state index is 13.1. The number of carbonyl (C=O) groups excluding carboxylic acids is 1. The number of aryl methyl sites for hydroxylation is 2. The van der Waals surface area contributed by atoms with Gasteiger partial charge in [0.2, 0.25) is 0 Å². The molecule has 2 atom stereocenters. The number of rotatable bonds is 5. The monoisotopic (exact) mass is 502 g/mol. The van der Waals surface area contributed by atoms with Crippen LogP contribution in [-0.4, -0.2) is 57.7 Å². The summed E-state index contributed by atoms with van der Waals surface area (Å²) in [5, 5.41) is 14.9. The zero-order valence-corrected chi connectivity index (χ0v) is 20.6. The van der Waals surface area contributed by atoms with Crippen molar-refractivity contribution in [2.45, 2.75) is 31.3 Å². The van der Waals surface area contributed by atoms with Crippen molar-refractivity contribution in [2.24, 2.45) is 14.1 Å². The van der Waals surface area contributed by atoms with E-state index in [4.69, 9.17) is 4.74 Å². The summed E-state index contributed by atoms with van der Waals surface area (Å²) in [4.78, 5) is 33.9. The minimum absolute atomic E-state index is 0.0396. The van der Waals surface area contributed by atoms with Crippen molar-refractivity contribution in [1.82, 2.24) is 43.8 Å². The lowest BCUT2D eigenvalue weighted by atomic mass is 10.2. The van der Waals surface area contributed by atoms with Gasteiger partial charge in [0.1, 0.15) is 11.6 Å². The fourth-order valence-corrected chi connectivity index (χ4v) is 5.00. The molecule has 0 aliphatic heterocycles. The van der Waals surface area contributed by atoms with E-state index in [1.807, 2.05) is 37.6 Å². The first-order valence-electron chi connectivity index (χ1n) is 11.9. The Balaban J connectivity index is 1.29. The smallest absolute Gasteiger partial charge is 0.407 e. The zero-order valence-electron chi connectivity index (χ0n) is 20.6. The number of methoxy groups -OCH3 is 1. The van der Waals surface area contributed by atoms with Crippen LogP contribution in [0.1, 0.15) is 25.3 Å². The molecule has 5 heterocycles. The fraction of sp³-hybridized carbons (Fsp3) is 0.333. The fourth-order valence-electron chi connectivity index (χ4n) is 5.00. The van der Waals surface area contributed by atoms with Gasteiger partial charge < -0.3 is 15.4 Å². The minimum Gasteiger partial charge on any atom is -0.453 e. The van der Waals surface area contributed by atoms with Crippen LogP contribution in [0.4, 0.5) is 16.4 Å². The number of fused-ring (bicyclic) bond motifs is 2. The first kappa shape index (κ1) is 22.8. The standard InChI is InChI=1S/C24H26N10O3/c1-31-13-14(11-26-31)17-9-22-29-20(6-7-33(22)30-17)28-21-10-18-19(12-25-21)32(2)24(36)34(18)16-5-4-15(8-16)27-23(35)37-3/h6-7,9-13,15-16H,4-5,8H2,1-3H3,(H,27,35)(H,25,28,29)/t15-,16-/m1/s1. The van der Waals surface area contributed by atoms with Gasteiger partial charge in [-0.15, -0.1) is 0 Å². The number of carbonyl (C=O) groups is 1. The number of nitrogens with zero attached hydrogens (tertiary/aromatic N) is 8. The zero-order chi connectivity index (χ0) is 25.7. The highest BCUT2D eigenvalue weighted by atomic mass is 16.5. The highest BCUT2D eigenvalue weighted by Crippen LogP contribution is 2.32. The molecule has 1 aliphatic rings. The molecular weight excluding hydrogens is 476 g/mol. The normalized spacial score (nSPS) is 17.5. The summed E-state index contributed by atoms with van der Waals surface area (Å²) in [6, 6.07) is 5.49. The van der Waals surface area contributed by atoms with Crippen molar-refractivity contribution in [2.75, 3.05) is 12.4 Å². The lowest BCUT2D eigenvalue weighted by molar-refractivity contribution is 0.166. The van der Waals surface area contributed by atoms with Crippen molar-refractivity contribution < 1.29 is 9.53 Å². The van der Waals surface area contributed by atoms with Gasteiger partial charge in [0.25, 0.3) is 0 Å². The average molecular weight is 503 g/mol. The van der Waals surface area contributed by atoms with Crippen LogP contribution < -0.4 is 16.3 Å². The third kappa shape index (κ3) is 4.07. The van der Waals surface area contributed by atoms with E-state index in [0.29, 0.717) is 23.7 Å². The Hall–Kier alpha value is -4.68. The number of hydrogen-bond donors (Lipinski definition) is 2. The molecular formula is C24H26N10O3. The number of alkyl carbamates (subject to hydrolysis) is 1. The summed E-state index contributed by atoms with van der Waals surface area (Å²) in [7, 11) is 4.95. The van der Waals surface area contributed by atoms with Crippen LogP contribution >= 0.6 is 0 Å². The molecule has 0 spiro atoms. The highest BCUT2D eigenvalue weighted by Gasteiger charge is 2.30. The molecule has 37 heavy (non-hydrogen) atoms. The summed E-state index contributed by atoms with van der Waals surface area (Å²) < 4.78 is 11.6. The van der Waals surface area contributed by atoms with E-state index in [-0.39, 0.29) is 17.8 Å². The Morgan fingerprint density at radius 2 is 2.00 bits per heavy atom. The van der Waals surface area contributed by atoms with Crippen LogP contribution in [0.15, 0.2) is 47.8 Å². The molecule has 5 aromatic rings. The second kappa shape index (κ2) is 8.76. The summed E-state index contributed by atoms with van der Waals surface area (Å²) >= 11 is 0. The number of nitrogens with one attached hydrogen (secondary N) is 2. The van der Waals surface area contributed by atoms with Gasteiger partial charge in [-0.1, -0.05) is 0 Å². The second-order valence-electron chi connectivity index (χ2n) is 9.24. The minimum atomic E-state index is -0.457. The molecule has 190 valence electrons. The third-order valence-corrected chi connectivity index (χ3v) is 6.83. The van der Waals surface area contributed by atoms with Crippen LogP contribution in [0, 0.1) is 0 Å². The first-order chi connectivity index (χ1) is 17.9. The van der Waals surface area contributed by atoms with Gasteiger partial charge in [0.15, 0.2) is 5.65 Å². The van der Waals surface area contributed by atoms with Gasteiger partial charge in [0, 0.05) is 56.3 Å². The van der Waals surface area contributed by atoms with Crippen molar-refractivity contribution in [3.63, 3.8) is 0 Å². The molecule has 0 unspecified atom stereocenters. The van der Waals surface area contributed by atoms with Crippen LogP contribution in [-0.2, 0) is 18.8 Å². The van der Waals surface area contributed by atoms with E-state index < -0.39 is 6.09 Å². The highest BCUT2D eigenvalue weighted by molar-refractivity contribution is 5.79. The van der Waals surface area contributed by atoms with E-state index >= 15 is 0 Å². The van der Waals surface area contributed by atoms with Gasteiger partial charge >= 0.3 is 11.8 Å². The van der Waals surface area contributed by atoms with Crippen molar-refractivity contribution in [1.29, 1.82) is 0 Å². The van der Waals surface area contributed by atoms with Crippen LogP contribution in [0.5, 0.6) is 0 Å². The van der Waals surface area contributed by atoms with Crippen molar-refractivity contribution >= 4 is 34.4 Å². The molecule has 1 amide bonds. The van der Waals surface area contributed by atoms with Crippen molar-refractivity contribution in [3.05, 3.63) is 53.5 Å². The number of imidazole rings is 1. The molecule has 1 saturated carbocycles. The summed E-state index contributed by atoms with van der Waals surface area (Å²) in [6.07, 6.45) is 8.92. The van der Waals surface area contributed by atoms with Gasteiger partial charge in [-0.3, -0.25) is 13.8 Å². The van der Waals surface area contributed by atoms with Gasteiger partial charge in [-0.25, -0.2) is 24.1 Å². The summed E-state index contributed by atoms with van der Waals surface area (Å²) in [6.45, 7) is 0. The second-order valence-corrected chi connectivity index (χ2v) is 9.24. The lowest BCUT2D eigenvalue weighted by Crippen LogP contribution is -2.33. The number of anilines is 2. The van der Waals surface area contributed by atoms with E-state index in [2.05, 4.69) is 30.8 Å².